The zero-order valence-corrected chi connectivity index (χ0v) is 12.6. The van der Waals surface area contributed by atoms with E-state index in [4.69, 9.17) is 14.6 Å². The second-order valence-electron chi connectivity index (χ2n) is 4.22. The molecule has 6 nitrogen and oxygen atoms in total. The second kappa shape index (κ2) is 8.21. The number of hydrogen-bond donors (Lipinski definition) is 1. The Morgan fingerprint density at radius 1 is 1.20 bits per heavy atom. The Morgan fingerprint density at radius 2 is 1.85 bits per heavy atom. The molecule has 0 aromatic heterocycles. The van der Waals surface area contributed by atoms with Gasteiger partial charge in [-0.2, -0.15) is 4.31 Å². The van der Waals surface area contributed by atoms with Crippen LogP contribution in [0.25, 0.3) is 0 Å². The van der Waals surface area contributed by atoms with Gasteiger partial charge in [0, 0.05) is 33.7 Å². The molecule has 0 spiro atoms. The highest BCUT2D eigenvalue weighted by molar-refractivity contribution is 7.89. The Bertz CT molecular complexity index is 486. The van der Waals surface area contributed by atoms with Gasteiger partial charge in [0.2, 0.25) is 10.0 Å². The summed E-state index contributed by atoms with van der Waals surface area (Å²) in [7, 11) is -0.455. The van der Waals surface area contributed by atoms with Crippen LogP contribution >= 0.6 is 0 Å². The number of hydrogen-bond acceptors (Lipinski definition) is 5. The Hall–Kier alpha value is -1.15. The molecule has 0 heterocycles. The fraction of sp³-hybridized carbons (Fsp3) is 0.538. The van der Waals surface area contributed by atoms with E-state index in [9.17, 15) is 8.42 Å². The number of nitrogens with zero attached hydrogens (tertiary/aromatic N) is 1. The van der Waals surface area contributed by atoms with E-state index >= 15 is 0 Å². The molecule has 0 bridgehead atoms. The predicted octanol–water partition coefficient (Wildman–Crippen LogP) is 0.715. The van der Waals surface area contributed by atoms with E-state index in [0.29, 0.717) is 31.9 Å². The maximum Gasteiger partial charge on any atom is 0.242 e. The van der Waals surface area contributed by atoms with Gasteiger partial charge >= 0.3 is 0 Å². The zero-order chi connectivity index (χ0) is 15.0. The molecule has 0 saturated carbocycles. The smallest absolute Gasteiger partial charge is 0.242 e. The van der Waals surface area contributed by atoms with Crippen molar-refractivity contribution in [1.82, 2.24) is 4.31 Å². The minimum atomic E-state index is -3.50. The number of sulfonamides is 1. The normalized spacial score (nSPS) is 11.8. The second-order valence-corrected chi connectivity index (χ2v) is 6.26. The lowest BCUT2D eigenvalue weighted by molar-refractivity contribution is 0.185. The van der Waals surface area contributed by atoms with Crippen LogP contribution in [0, 0.1) is 0 Å². The predicted molar refractivity (Wildman–Crippen MR) is 75.3 cm³/mol. The van der Waals surface area contributed by atoms with Crippen LogP contribution in [0.5, 0.6) is 5.75 Å². The summed E-state index contributed by atoms with van der Waals surface area (Å²) in [5.74, 6) is 0.581. The quantitative estimate of drug-likeness (QED) is 0.680. The highest BCUT2D eigenvalue weighted by Crippen LogP contribution is 2.18. The third-order valence-electron chi connectivity index (χ3n) is 2.71. The van der Waals surface area contributed by atoms with Gasteiger partial charge in [-0.05, 0) is 24.3 Å². The van der Waals surface area contributed by atoms with Crippen molar-refractivity contribution in [1.29, 1.82) is 0 Å². The van der Waals surface area contributed by atoms with Crippen molar-refractivity contribution in [2.75, 3.05) is 40.5 Å². The zero-order valence-electron chi connectivity index (χ0n) is 11.8. The largest absolute Gasteiger partial charge is 0.494 e. The van der Waals surface area contributed by atoms with Gasteiger partial charge in [-0.15, -0.1) is 0 Å². The summed E-state index contributed by atoms with van der Waals surface area (Å²) in [4.78, 5) is 0.214. The molecule has 0 unspecified atom stereocenters. The molecular weight excluding hydrogens is 282 g/mol. The highest BCUT2D eigenvalue weighted by Gasteiger charge is 2.20. The number of aliphatic hydroxyl groups is 1. The van der Waals surface area contributed by atoms with E-state index in [-0.39, 0.29) is 11.5 Å². The van der Waals surface area contributed by atoms with Crippen LogP contribution < -0.4 is 4.74 Å². The molecule has 7 heteroatoms. The van der Waals surface area contributed by atoms with Crippen molar-refractivity contribution < 1.29 is 23.0 Å². The van der Waals surface area contributed by atoms with Crippen LogP contribution in [0.4, 0.5) is 0 Å². The molecular formula is C13H21NO5S. The van der Waals surface area contributed by atoms with Crippen LogP contribution in [0.3, 0.4) is 0 Å². The molecule has 0 saturated heterocycles. The van der Waals surface area contributed by atoms with Crippen LogP contribution in [0.2, 0.25) is 0 Å². The first-order valence-electron chi connectivity index (χ1n) is 6.31. The summed E-state index contributed by atoms with van der Waals surface area (Å²) in [6.45, 7) is 1.11. The number of benzene rings is 1. The van der Waals surface area contributed by atoms with Crippen LogP contribution in [-0.2, 0) is 14.8 Å². The Kier molecular flexibility index (Phi) is 6.94. The standard InChI is InChI=1S/C13H21NO5S/c1-14(8-11-18-2)20(16,17)13-6-4-12(5-7-13)19-10-3-9-15/h4-7,15H,3,8-11H2,1-2H3. The first kappa shape index (κ1) is 16.9. The van der Waals surface area contributed by atoms with Crippen molar-refractivity contribution in [2.45, 2.75) is 11.3 Å². The van der Waals surface area contributed by atoms with Gasteiger partial charge in [0.15, 0.2) is 0 Å². The van der Waals surface area contributed by atoms with Gasteiger partial charge in [0.05, 0.1) is 18.1 Å². The molecule has 0 aliphatic rings. The fourth-order valence-electron chi connectivity index (χ4n) is 1.48. The Balaban J connectivity index is 2.71. The minimum absolute atomic E-state index is 0.0662. The van der Waals surface area contributed by atoms with E-state index < -0.39 is 10.0 Å². The van der Waals surface area contributed by atoms with Gasteiger partial charge in [0.1, 0.15) is 5.75 Å². The van der Waals surface area contributed by atoms with Crippen LogP contribution in [0.1, 0.15) is 6.42 Å². The third kappa shape index (κ3) is 4.75. The lowest BCUT2D eigenvalue weighted by atomic mass is 10.3. The molecule has 1 aromatic carbocycles. The highest BCUT2D eigenvalue weighted by atomic mass is 32.2. The topological polar surface area (TPSA) is 76.1 Å². The van der Waals surface area contributed by atoms with Gasteiger partial charge < -0.3 is 14.6 Å². The molecule has 114 valence electrons. The molecule has 0 atom stereocenters. The summed E-state index contributed by atoms with van der Waals surface area (Å²) in [5, 5.41) is 8.65. The van der Waals surface area contributed by atoms with Crippen LogP contribution in [0.15, 0.2) is 29.2 Å². The number of rotatable bonds is 9. The van der Waals surface area contributed by atoms with Crippen molar-refractivity contribution in [3.63, 3.8) is 0 Å². The molecule has 20 heavy (non-hydrogen) atoms. The summed E-state index contributed by atoms with van der Waals surface area (Å²) in [6.07, 6.45) is 0.541. The Morgan fingerprint density at radius 3 is 2.40 bits per heavy atom. The molecule has 0 amide bonds. The van der Waals surface area contributed by atoms with E-state index in [1.807, 2.05) is 0 Å². The molecule has 1 aromatic rings. The van der Waals surface area contributed by atoms with Gasteiger partial charge in [-0.3, -0.25) is 0 Å². The number of ether oxygens (including phenoxy) is 2. The molecule has 0 aliphatic carbocycles. The van der Waals surface area contributed by atoms with E-state index in [0.717, 1.165) is 0 Å². The first-order chi connectivity index (χ1) is 9.52. The average Bonchev–Trinajstić information content (AvgIpc) is 2.45. The Labute approximate surface area is 120 Å². The van der Waals surface area contributed by atoms with Crippen molar-refractivity contribution >= 4 is 10.0 Å². The van der Waals surface area contributed by atoms with Gasteiger partial charge in [0.25, 0.3) is 0 Å². The maximum atomic E-state index is 12.2. The molecule has 1 rings (SSSR count). The first-order valence-corrected chi connectivity index (χ1v) is 7.75. The third-order valence-corrected chi connectivity index (χ3v) is 4.58. The number of methoxy groups -OCH3 is 1. The fourth-order valence-corrected chi connectivity index (χ4v) is 2.64. The molecule has 0 aliphatic heterocycles. The van der Waals surface area contributed by atoms with Crippen LogP contribution in [-0.4, -0.2) is 58.4 Å². The number of aliphatic hydroxyl groups excluding tert-OH is 1. The molecule has 0 fully saturated rings. The number of likely N-dealkylation sites (N-methyl/N-ethyl adjacent to an activating group) is 1. The SMILES string of the molecule is COCCN(C)S(=O)(=O)c1ccc(OCCCO)cc1. The monoisotopic (exact) mass is 303 g/mol. The van der Waals surface area contributed by atoms with Crippen molar-refractivity contribution in [3.05, 3.63) is 24.3 Å². The summed E-state index contributed by atoms with van der Waals surface area (Å²) in [5.41, 5.74) is 0. The lowest BCUT2D eigenvalue weighted by Gasteiger charge is -2.16. The average molecular weight is 303 g/mol. The van der Waals surface area contributed by atoms with Gasteiger partial charge in [-0.25, -0.2) is 8.42 Å². The van der Waals surface area contributed by atoms with E-state index in [1.165, 1.54) is 30.6 Å². The van der Waals surface area contributed by atoms with Crippen molar-refractivity contribution in [3.8, 4) is 5.75 Å². The molecule has 0 radical (unpaired) electrons. The van der Waals surface area contributed by atoms with E-state index in [2.05, 4.69) is 0 Å². The minimum Gasteiger partial charge on any atom is -0.494 e. The summed E-state index contributed by atoms with van der Waals surface area (Å²) in [6, 6.07) is 6.22. The summed E-state index contributed by atoms with van der Waals surface area (Å²) < 4.78 is 35.9. The lowest BCUT2D eigenvalue weighted by Crippen LogP contribution is -2.30. The van der Waals surface area contributed by atoms with Crippen molar-refractivity contribution in [2.24, 2.45) is 0 Å². The van der Waals surface area contributed by atoms with Gasteiger partial charge in [-0.1, -0.05) is 0 Å². The maximum absolute atomic E-state index is 12.2. The van der Waals surface area contributed by atoms with E-state index in [1.54, 1.807) is 12.1 Å². The molecule has 1 N–H and O–H groups in total. The summed E-state index contributed by atoms with van der Waals surface area (Å²) >= 11 is 0.